The van der Waals surface area contributed by atoms with Crippen molar-refractivity contribution in [1.29, 1.82) is 0 Å². The van der Waals surface area contributed by atoms with E-state index in [0.29, 0.717) is 0 Å². The molecule has 2 aromatic carbocycles. The lowest BCUT2D eigenvalue weighted by Crippen LogP contribution is -2.15. The van der Waals surface area contributed by atoms with E-state index in [-0.39, 0.29) is 33.9 Å². The van der Waals surface area contributed by atoms with Crippen molar-refractivity contribution in [3.8, 4) is 22.8 Å². The zero-order chi connectivity index (χ0) is 27.0. The number of pyridine rings is 1. The largest absolute Gasteiger partial charge is 0.416 e. The van der Waals surface area contributed by atoms with Gasteiger partial charge in [-0.2, -0.15) is 30.7 Å². The molecule has 0 radical (unpaired) electrons. The minimum absolute atomic E-state index is 0.0910. The first-order valence-electron chi connectivity index (χ1n) is 10.3. The minimum atomic E-state index is -4.60. The number of halogens is 7. The van der Waals surface area contributed by atoms with Crippen LogP contribution in [0, 0.1) is 5.95 Å². The van der Waals surface area contributed by atoms with Crippen molar-refractivity contribution in [3.63, 3.8) is 0 Å². The molecule has 0 aliphatic rings. The highest BCUT2D eigenvalue weighted by Gasteiger charge is 2.31. The summed E-state index contributed by atoms with van der Waals surface area (Å²) < 4.78 is 93.1. The lowest BCUT2D eigenvalue weighted by molar-refractivity contribution is -0.138. The predicted octanol–water partition coefficient (Wildman–Crippen LogP) is 5.67. The van der Waals surface area contributed by atoms with Crippen molar-refractivity contribution in [2.45, 2.75) is 12.4 Å². The van der Waals surface area contributed by atoms with Crippen LogP contribution < -0.4 is 5.73 Å². The van der Waals surface area contributed by atoms with Crippen molar-refractivity contribution >= 4 is 17.7 Å². The number of nitrogens with two attached hydrogens (primary N) is 1. The topological polar surface area (TPSA) is 86.7 Å². The molecule has 2 N–H and O–H groups in total. The number of rotatable bonds is 5. The first-order chi connectivity index (χ1) is 17.3. The van der Waals surface area contributed by atoms with Crippen LogP contribution in [-0.4, -0.2) is 25.7 Å². The molecule has 0 spiro atoms. The van der Waals surface area contributed by atoms with Gasteiger partial charge in [0.2, 0.25) is 5.95 Å². The maximum absolute atomic E-state index is 14.3. The number of amides is 1. The molecule has 0 fully saturated rings. The lowest BCUT2D eigenvalue weighted by atomic mass is 10.1. The Bertz CT molecular complexity index is 1470. The van der Waals surface area contributed by atoms with Gasteiger partial charge < -0.3 is 5.73 Å². The van der Waals surface area contributed by atoms with Crippen LogP contribution >= 0.6 is 0 Å². The second kappa shape index (κ2) is 9.48. The van der Waals surface area contributed by atoms with Gasteiger partial charge in [-0.15, -0.1) is 5.10 Å². The molecule has 1 amide bonds. The average Bonchev–Trinajstić information content (AvgIpc) is 3.26. The van der Waals surface area contributed by atoms with Crippen molar-refractivity contribution in [2.24, 2.45) is 5.73 Å². The Labute approximate surface area is 203 Å². The molecular weight excluding hydrogens is 507 g/mol. The molecule has 13 heteroatoms. The van der Waals surface area contributed by atoms with Crippen LogP contribution in [0.5, 0.6) is 0 Å². The summed E-state index contributed by atoms with van der Waals surface area (Å²) in [5, 5.41) is 4.17. The van der Waals surface area contributed by atoms with Gasteiger partial charge in [0, 0.05) is 29.1 Å². The Kier molecular flexibility index (Phi) is 6.55. The molecule has 0 bridgehead atoms. The monoisotopic (exact) mass is 521 g/mol. The molecule has 2 aromatic heterocycles. The maximum atomic E-state index is 14.3. The molecule has 4 rings (SSSR count). The Morgan fingerprint density at radius 1 is 0.838 bits per heavy atom. The third-order valence-electron chi connectivity index (χ3n) is 5.14. The van der Waals surface area contributed by atoms with Crippen molar-refractivity contribution in [2.75, 3.05) is 0 Å². The van der Waals surface area contributed by atoms with Gasteiger partial charge in [-0.25, -0.2) is 14.6 Å². The van der Waals surface area contributed by atoms with Gasteiger partial charge in [0.05, 0.1) is 16.7 Å². The van der Waals surface area contributed by atoms with Crippen molar-refractivity contribution in [1.82, 2.24) is 19.7 Å². The summed E-state index contributed by atoms with van der Waals surface area (Å²) in [6, 6.07) is 10.2. The van der Waals surface area contributed by atoms with E-state index in [4.69, 9.17) is 5.73 Å². The van der Waals surface area contributed by atoms with E-state index in [1.54, 1.807) is 0 Å². The normalized spacial score (nSPS) is 12.6. The van der Waals surface area contributed by atoms with Crippen LogP contribution in [0.3, 0.4) is 0 Å². The number of hydrogen-bond donors (Lipinski definition) is 1. The molecule has 0 aliphatic carbocycles. The van der Waals surface area contributed by atoms with Gasteiger partial charge in [-0.3, -0.25) is 4.79 Å². The summed E-state index contributed by atoms with van der Waals surface area (Å²) in [6.07, 6.45) is -7.03. The standard InChI is InChI=1S/C24H14F7N5O/c25-19-17(2-1-11-33-19)18(20(32)37)12-36-22(14-5-9-16(10-6-14)24(29,30)31)34-21(35-36)13-3-7-15(8-4-13)23(26,27)28/h1-12H,(H2,32,37). The molecule has 6 nitrogen and oxygen atoms in total. The van der Waals surface area contributed by atoms with Crippen LogP contribution in [0.25, 0.3) is 34.5 Å². The summed E-state index contributed by atoms with van der Waals surface area (Å²) in [7, 11) is 0. The zero-order valence-electron chi connectivity index (χ0n) is 18.3. The average molecular weight is 521 g/mol. The predicted molar refractivity (Wildman–Crippen MR) is 118 cm³/mol. The number of carbonyl (C=O) groups is 1. The van der Waals surface area contributed by atoms with E-state index >= 15 is 0 Å². The number of primary amides is 1. The number of hydrogen-bond acceptors (Lipinski definition) is 4. The van der Waals surface area contributed by atoms with Crippen LogP contribution in [0.2, 0.25) is 0 Å². The Morgan fingerprint density at radius 2 is 1.38 bits per heavy atom. The highest BCUT2D eigenvalue weighted by atomic mass is 19.4. The minimum Gasteiger partial charge on any atom is -0.366 e. The first-order valence-corrected chi connectivity index (χ1v) is 10.3. The van der Waals surface area contributed by atoms with Gasteiger partial charge in [-0.05, 0) is 36.4 Å². The van der Waals surface area contributed by atoms with Gasteiger partial charge in [0.15, 0.2) is 11.6 Å². The van der Waals surface area contributed by atoms with E-state index in [0.717, 1.165) is 65.6 Å². The van der Waals surface area contributed by atoms with E-state index in [1.165, 1.54) is 12.1 Å². The lowest BCUT2D eigenvalue weighted by Gasteiger charge is -2.08. The summed E-state index contributed by atoms with van der Waals surface area (Å²) in [4.78, 5) is 19.8. The summed E-state index contributed by atoms with van der Waals surface area (Å²) >= 11 is 0. The third kappa shape index (κ3) is 5.50. The van der Waals surface area contributed by atoms with Crippen molar-refractivity contribution < 1.29 is 35.5 Å². The van der Waals surface area contributed by atoms with Gasteiger partial charge in [0.1, 0.15) is 0 Å². The highest BCUT2D eigenvalue weighted by Crippen LogP contribution is 2.33. The van der Waals surface area contributed by atoms with Gasteiger partial charge in [-0.1, -0.05) is 24.3 Å². The summed E-state index contributed by atoms with van der Waals surface area (Å²) in [5.41, 5.74) is 3.17. The Balaban J connectivity index is 1.88. The molecule has 37 heavy (non-hydrogen) atoms. The second-order valence-electron chi connectivity index (χ2n) is 7.60. The SMILES string of the molecule is NC(=O)C(=Cn1nc(-c2ccc(C(F)(F)F)cc2)nc1-c1ccc(C(F)(F)F)cc1)c1cccnc1F. The second-order valence-corrected chi connectivity index (χ2v) is 7.60. The summed E-state index contributed by atoms with van der Waals surface area (Å²) in [5.74, 6) is -2.30. The molecule has 2 heterocycles. The van der Waals surface area contributed by atoms with E-state index in [1.807, 2.05) is 0 Å². The molecule has 0 unspecified atom stereocenters. The van der Waals surface area contributed by atoms with Crippen LogP contribution in [0.15, 0.2) is 66.9 Å². The van der Waals surface area contributed by atoms with Gasteiger partial charge >= 0.3 is 12.4 Å². The first kappa shape index (κ1) is 25.5. The Hall–Kier alpha value is -4.55. The molecule has 190 valence electrons. The molecule has 0 saturated heterocycles. The number of alkyl halides is 6. The van der Waals surface area contributed by atoms with Crippen LogP contribution in [0.1, 0.15) is 16.7 Å². The Morgan fingerprint density at radius 3 is 1.86 bits per heavy atom. The molecule has 4 aromatic rings. The van der Waals surface area contributed by atoms with Gasteiger partial charge in [0.25, 0.3) is 5.91 Å². The quantitative estimate of drug-likeness (QED) is 0.208. The van der Waals surface area contributed by atoms with Crippen molar-refractivity contribution in [3.05, 3.63) is 89.5 Å². The van der Waals surface area contributed by atoms with Crippen LogP contribution in [-0.2, 0) is 17.1 Å². The number of benzene rings is 2. The smallest absolute Gasteiger partial charge is 0.366 e. The molecule has 0 atom stereocenters. The number of carbonyl (C=O) groups excluding carboxylic acids is 1. The van der Waals surface area contributed by atoms with Crippen LogP contribution in [0.4, 0.5) is 30.7 Å². The summed E-state index contributed by atoms with van der Waals surface area (Å²) in [6.45, 7) is 0. The van der Waals surface area contributed by atoms with E-state index in [2.05, 4.69) is 15.1 Å². The fraction of sp³-hybridized carbons (Fsp3) is 0.0833. The zero-order valence-corrected chi connectivity index (χ0v) is 18.3. The molecule has 0 aliphatic heterocycles. The van der Waals surface area contributed by atoms with E-state index in [9.17, 15) is 35.5 Å². The van der Waals surface area contributed by atoms with E-state index < -0.39 is 35.3 Å². The third-order valence-corrected chi connectivity index (χ3v) is 5.14. The molecular formula is C24H14F7N5O. The number of aromatic nitrogens is 4. The maximum Gasteiger partial charge on any atom is 0.416 e. The fourth-order valence-corrected chi connectivity index (χ4v) is 3.32. The number of nitrogens with zero attached hydrogens (tertiary/aromatic N) is 4. The molecule has 0 saturated carbocycles. The fourth-order valence-electron chi connectivity index (χ4n) is 3.32. The highest BCUT2D eigenvalue weighted by molar-refractivity contribution is 6.22.